The molecule has 0 bridgehead atoms. The molecular formula is C22H25N3O5. The number of benzene rings is 1. The van der Waals surface area contributed by atoms with Gasteiger partial charge in [-0.25, -0.2) is 5.43 Å². The van der Waals surface area contributed by atoms with E-state index in [1.54, 1.807) is 17.0 Å². The van der Waals surface area contributed by atoms with Gasteiger partial charge in [0.2, 0.25) is 0 Å². The lowest BCUT2D eigenvalue weighted by molar-refractivity contribution is -0.123. The third-order valence-electron chi connectivity index (χ3n) is 5.25. The van der Waals surface area contributed by atoms with Gasteiger partial charge in [0.1, 0.15) is 11.5 Å². The standard InChI is InChI=1S/C22H25N3O5/c1-15-20-17(23-24-19(26)14-29-16-6-3-2-4-7-16)8-5-9-18(20)30-21(15)22(27)25-10-12-28-13-11-25/h2-4,6-7H,5,8-14H2,1H3,(H,24,26)/b23-17+. The summed E-state index contributed by atoms with van der Waals surface area (Å²) in [6.45, 7) is 3.93. The first-order chi connectivity index (χ1) is 14.6. The van der Waals surface area contributed by atoms with Crippen LogP contribution in [0.5, 0.6) is 5.75 Å². The van der Waals surface area contributed by atoms with Crippen LogP contribution in [0, 0.1) is 6.92 Å². The average molecular weight is 411 g/mol. The molecule has 0 radical (unpaired) electrons. The maximum Gasteiger partial charge on any atom is 0.290 e. The van der Waals surface area contributed by atoms with Gasteiger partial charge in [0.05, 0.1) is 18.9 Å². The van der Waals surface area contributed by atoms with E-state index in [9.17, 15) is 9.59 Å². The molecule has 1 aromatic carbocycles. The minimum atomic E-state index is -0.343. The summed E-state index contributed by atoms with van der Waals surface area (Å²) in [6, 6.07) is 9.14. The van der Waals surface area contributed by atoms with Crippen LogP contribution in [0.1, 0.15) is 40.3 Å². The lowest BCUT2D eigenvalue weighted by atomic mass is 9.93. The van der Waals surface area contributed by atoms with Gasteiger partial charge >= 0.3 is 0 Å². The number of amides is 2. The van der Waals surface area contributed by atoms with E-state index in [4.69, 9.17) is 13.9 Å². The van der Waals surface area contributed by atoms with Gasteiger partial charge in [-0.2, -0.15) is 5.10 Å². The highest BCUT2D eigenvalue weighted by Gasteiger charge is 2.30. The highest BCUT2D eigenvalue weighted by atomic mass is 16.5. The number of ether oxygens (including phenoxy) is 2. The fraction of sp³-hybridized carbons (Fsp3) is 0.409. The van der Waals surface area contributed by atoms with Crippen LogP contribution in [0.2, 0.25) is 0 Å². The minimum Gasteiger partial charge on any atom is -0.484 e. The maximum absolute atomic E-state index is 12.9. The van der Waals surface area contributed by atoms with Crippen LogP contribution in [0.25, 0.3) is 0 Å². The van der Waals surface area contributed by atoms with E-state index in [0.29, 0.717) is 44.2 Å². The highest BCUT2D eigenvalue weighted by molar-refractivity contribution is 6.06. The second kappa shape index (κ2) is 9.13. The molecule has 8 nitrogen and oxygen atoms in total. The fourth-order valence-corrected chi connectivity index (χ4v) is 3.72. The van der Waals surface area contributed by atoms with Gasteiger partial charge in [-0.1, -0.05) is 18.2 Å². The molecule has 1 aliphatic heterocycles. The van der Waals surface area contributed by atoms with Crippen molar-refractivity contribution in [2.24, 2.45) is 5.10 Å². The molecule has 1 aromatic heterocycles. The molecular weight excluding hydrogens is 386 g/mol. The summed E-state index contributed by atoms with van der Waals surface area (Å²) in [7, 11) is 0. The lowest BCUT2D eigenvalue weighted by Gasteiger charge is -2.26. The molecule has 1 saturated heterocycles. The van der Waals surface area contributed by atoms with Gasteiger partial charge < -0.3 is 18.8 Å². The number of hydrazone groups is 1. The van der Waals surface area contributed by atoms with Crippen LogP contribution in [-0.4, -0.2) is 55.3 Å². The van der Waals surface area contributed by atoms with Gasteiger partial charge in [-0.3, -0.25) is 9.59 Å². The number of nitrogens with zero attached hydrogens (tertiary/aromatic N) is 2. The highest BCUT2D eigenvalue weighted by Crippen LogP contribution is 2.30. The summed E-state index contributed by atoms with van der Waals surface area (Å²) in [4.78, 5) is 26.8. The monoisotopic (exact) mass is 411 g/mol. The quantitative estimate of drug-likeness (QED) is 0.762. The topological polar surface area (TPSA) is 93.4 Å². The van der Waals surface area contributed by atoms with Gasteiger partial charge in [-0.05, 0) is 31.9 Å². The molecule has 1 aliphatic carbocycles. The molecule has 4 rings (SSSR count). The molecule has 0 saturated carbocycles. The van der Waals surface area contributed by atoms with Crippen LogP contribution in [0.15, 0.2) is 39.9 Å². The number of nitrogens with one attached hydrogen (secondary N) is 1. The normalized spacial score (nSPS) is 17.5. The van der Waals surface area contributed by atoms with Crippen LogP contribution >= 0.6 is 0 Å². The predicted molar refractivity (Wildman–Crippen MR) is 110 cm³/mol. The van der Waals surface area contributed by atoms with Crippen LogP contribution in [-0.2, 0) is 16.0 Å². The Morgan fingerprint density at radius 1 is 1.17 bits per heavy atom. The summed E-state index contributed by atoms with van der Waals surface area (Å²) >= 11 is 0. The number of hydrogen-bond acceptors (Lipinski definition) is 6. The van der Waals surface area contributed by atoms with Crippen molar-refractivity contribution in [3.63, 3.8) is 0 Å². The molecule has 8 heteroatoms. The van der Waals surface area contributed by atoms with Crippen molar-refractivity contribution in [1.29, 1.82) is 0 Å². The predicted octanol–water partition coefficient (Wildman–Crippen LogP) is 2.30. The Hall–Kier alpha value is -3.13. The molecule has 0 atom stereocenters. The van der Waals surface area contributed by atoms with E-state index in [2.05, 4.69) is 10.5 Å². The van der Waals surface area contributed by atoms with E-state index >= 15 is 0 Å². The second-order valence-electron chi connectivity index (χ2n) is 7.31. The zero-order valence-corrected chi connectivity index (χ0v) is 17.0. The number of morpholine rings is 1. The van der Waals surface area contributed by atoms with Crippen molar-refractivity contribution >= 4 is 17.5 Å². The number of para-hydroxylation sites is 1. The zero-order chi connectivity index (χ0) is 20.9. The molecule has 2 amide bonds. The average Bonchev–Trinajstić information content (AvgIpc) is 3.14. The largest absolute Gasteiger partial charge is 0.484 e. The molecule has 2 aliphatic rings. The summed E-state index contributed by atoms with van der Waals surface area (Å²) in [6.07, 6.45) is 2.30. The van der Waals surface area contributed by atoms with Crippen LogP contribution in [0.4, 0.5) is 0 Å². The summed E-state index contributed by atoms with van der Waals surface area (Å²) in [5.74, 6) is 1.27. The van der Waals surface area contributed by atoms with Crippen LogP contribution in [0.3, 0.4) is 0 Å². The molecule has 2 aromatic rings. The van der Waals surface area contributed by atoms with Crippen molar-refractivity contribution in [3.8, 4) is 5.75 Å². The Morgan fingerprint density at radius 2 is 1.93 bits per heavy atom. The first kappa shape index (κ1) is 20.2. The van der Waals surface area contributed by atoms with E-state index < -0.39 is 0 Å². The Labute approximate surface area is 174 Å². The summed E-state index contributed by atoms with van der Waals surface area (Å²) in [5, 5.41) is 4.31. The van der Waals surface area contributed by atoms with Crippen molar-refractivity contribution in [1.82, 2.24) is 10.3 Å². The number of furan rings is 1. The molecule has 30 heavy (non-hydrogen) atoms. The molecule has 0 unspecified atom stereocenters. The smallest absolute Gasteiger partial charge is 0.290 e. The van der Waals surface area contributed by atoms with Crippen molar-refractivity contribution in [3.05, 3.63) is 53.0 Å². The van der Waals surface area contributed by atoms with E-state index in [-0.39, 0.29) is 18.4 Å². The van der Waals surface area contributed by atoms with Gasteiger partial charge in [0.25, 0.3) is 11.8 Å². The first-order valence-corrected chi connectivity index (χ1v) is 10.2. The van der Waals surface area contributed by atoms with E-state index in [1.165, 1.54) is 0 Å². The SMILES string of the molecule is Cc1c(C(=O)N2CCOCC2)oc2c1/C(=N/NC(=O)COc1ccccc1)CCC2. The molecule has 2 heterocycles. The Kier molecular flexibility index (Phi) is 6.13. The fourth-order valence-electron chi connectivity index (χ4n) is 3.72. The van der Waals surface area contributed by atoms with E-state index in [1.807, 2.05) is 25.1 Å². The number of fused-ring (bicyclic) bond motifs is 1. The Balaban J connectivity index is 1.45. The van der Waals surface area contributed by atoms with E-state index in [0.717, 1.165) is 35.4 Å². The van der Waals surface area contributed by atoms with Gasteiger partial charge in [0.15, 0.2) is 12.4 Å². The zero-order valence-electron chi connectivity index (χ0n) is 17.0. The lowest BCUT2D eigenvalue weighted by Crippen LogP contribution is -2.40. The number of carbonyl (C=O) groups excluding carboxylic acids is 2. The second-order valence-corrected chi connectivity index (χ2v) is 7.31. The molecule has 1 fully saturated rings. The first-order valence-electron chi connectivity index (χ1n) is 10.2. The third-order valence-corrected chi connectivity index (χ3v) is 5.25. The van der Waals surface area contributed by atoms with Crippen molar-refractivity contribution in [2.45, 2.75) is 26.2 Å². The van der Waals surface area contributed by atoms with Crippen molar-refractivity contribution in [2.75, 3.05) is 32.9 Å². The van der Waals surface area contributed by atoms with Crippen LogP contribution < -0.4 is 10.2 Å². The number of rotatable bonds is 5. The summed E-state index contributed by atoms with van der Waals surface area (Å²) < 4.78 is 16.7. The Bertz CT molecular complexity index is 945. The molecule has 158 valence electrons. The maximum atomic E-state index is 12.9. The molecule has 0 spiro atoms. The van der Waals surface area contributed by atoms with Gasteiger partial charge in [-0.15, -0.1) is 0 Å². The van der Waals surface area contributed by atoms with Gasteiger partial charge in [0, 0.05) is 30.6 Å². The van der Waals surface area contributed by atoms with Crippen molar-refractivity contribution < 1.29 is 23.5 Å². The molecule has 1 N–H and O–H groups in total. The summed E-state index contributed by atoms with van der Waals surface area (Å²) in [5.41, 5.74) is 4.90. The Morgan fingerprint density at radius 3 is 2.70 bits per heavy atom. The third kappa shape index (κ3) is 4.38. The number of aryl methyl sites for hydroxylation is 1. The number of hydrogen-bond donors (Lipinski definition) is 1. The number of carbonyl (C=O) groups is 2. The minimum absolute atomic E-state index is 0.121.